The highest BCUT2D eigenvalue weighted by Gasteiger charge is 2.16. The highest BCUT2D eigenvalue weighted by molar-refractivity contribution is 7.93. The number of rotatable bonds is 7. The second-order valence-corrected chi connectivity index (χ2v) is 6.09. The molecule has 4 N–H and O–H groups in total. The van der Waals surface area contributed by atoms with Crippen LogP contribution in [-0.2, 0) is 0 Å². The molecule has 2 rings (SSSR count). The number of carbonyl (C=O) groups is 1. The third-order valence-electron chi connectivity index (χ3n) is 3.97. The Labute approximate surface area is 143 Å². The highest BCUT2D eigenvalue weighted by Crippen LogP contribution is 2.31. The topological polar surface area (TPSA) is 96.4 Å². The fourth-order valence-electron chi connectivity index (χ4n) is 2.60. The molecular weight excluding hydrogens is 331 g/mol. The summed E-state index contributed by atoms with van der Waals surface area (Å²) >= 11 is 0.800. The van der Waals surface area contributed by atoms with E-state index in [-0.39, 0.29) is 17.3 Å². The Morgan fingerprint density at radius 3 is 2.75 bits per heavy atom. The molecule has 128 valence electrons. The zero-order valence-corrected chi connectivity index (χ0v) is 14.0. The van der Waals surface area contributed by atoms with E-state index in [1.165, 1.54) is 12.1 Å². The monoisotopic (exact) mass is 350 g/mol. The van der Waals surface area contributed by atoms with Crippen LogP contribution in [-0.4, -0.2) is 26.4 Å². The van der Waals surface area contributed by atoms with E-state index in [1.807, 2.05) is 13.0 Å². The Hall–Kier alpha value is -2.12. The Bertz CT molecular complexity index is 740. The van der Waals surface area contributed by atoms with E-state index in [2.05, 4.69) is 4.98 Å². The van der Waals surface area contributed by atoms with E-state index in [4.69, 9.17) is 15.4 Å². The quantitative estimate of drug-likeness (QED) is 0.646. The van der Waals surface area contributed by atoms with Crippen LogP contribution in [0.4, 0.5) is 10.2 Å². The van der Waals surface area contributed by atoms with Gasteiger partial charge < -0.3 is 15.4 Å². The zero-order valence-electron chi connectivity index (χ0n) is 13.2. The minimum atomic E-state index is -1.31. The number of hydrogen-bond donors (Lipinski definition) is 3. The molecule has 0 aliphatic rings. The molecule has 1 unspecified atom stereocenters. The second kappa shape index (κ2) is 8.12. The number of anilines is 1. The van der Waals surface area contributed by atoms with Crippen molar-refractivity contribution in [2.75, 3.05) is 11.5 Å². The van der Waals surface area contributed by atoms with E-state index in [0.717, 1.165) is 36.5 Å². The maximum absolute atomic E-state index is 13.9. The highest BCUT2D eigenvalue weighted by atomic mass is 32.2. The SMILES string of the molecule is CCC(CCSO)c1cnc(N)c(-c2ccc(C(=O)O)c(F)c2)c1. The lowest BCUT2D eigenvalue weighted by Gasteiger charge is -2.16. The number of aromatic nitrogens is 1. The summed E-state index contributed by atoms with van der Waals surface area (Å²) in [5.74, 6) is -1.05. The largest absolute Gasteiger partial charge is 0.478 e. The summed E-state index contributed by atoms with van der Waals surface area (Å²) in [6, 6.07) is 5.76. The van der Waals surface area contributed by atoms with Crippen molar-refractivity contribution >= 4 is 23.8 Å². The van der Waals surface area contributed by atoms with Gasteiger partial charge in [0, 0.05) is 17.5 Å². The molecule has 0 amide bonds. The maximum Gasteiger partial charge on any atom is 0.338 e. The van der Waals surface area contributed by atoms with Crippen molar-refractivity contribution < 1.29 is 18.8 Å². The first kappa shape index (κ1) is 18.2. The molecule has 2 aromatic rings. The van der Waals surface area contributed by atoms with Crippen molar-refractivity contribution in [1.29, 1.82) is 0 Å². The van der Waals surface area contributed by atoms with Gasteiger partial charge in [-0.25, -0.2) is 14.2 Å². The molecular formula is C17H19FN2O3S. The van der Waals surface area contributed by atoms with Gasteiger partial charge in [0.25, 0.3) is 0 Å². The van der Waals surface area contributed by atoms with E-state index in [9.17, 15) is 9.18 Å². The molecule has 1 atom stereocenters. The predicted octanol–water partition coefficient (Wildman–Crippen LogP) is 4.26. The molecule has 24 heavy (non-hydrogen) atoms. The van der Waals surface area contributed by atoms with E-state index in [0.29, 0.717) is 16.9 Å². The van der Waals surface area contributed by atoms with Gasteiger partial charge >= 0.3 is 5.97 Å². The number of halogens is 1. The van der Waals surface area contributed by atoms with Gasteiger partial charge in [0.05, 0.1) is 5.56 Å². The lowest BCUT2D eigenvalue weighted by molar-refractivity contribution is 0.0692. The first-order valence-electron chi connectivity index (χ1n) is 7.52. The molecule has 0 saturated carbocycles. The molecule has 1 aromatic heterocycles. The van der Waals surface area contributed by atoms with Crippen LogP contribution < -0.4 is 5.73 Å². The molecule has 0 fully saturated rings. The number of pyridine rings is 1. The molecule has 1 heterocycles. The molecule has 0 saturated heterocycles. The summed E-state index contributed by atoms with van der Waals surface area (Å²) in [4.78, 5) is 15.1. The lowest BCUT2D eigenvalue weighted by atomic mass is 9.92. The fraction of sp³-hybridized carbons (Fsp3) is 0.294. The minimum absolute atomic E-state index is 0.208. The van der Waals surface area contributed by atoms with Gasteiger partial charge in [-0.15, -0.1) is 0 Å². The van der Waals surface area contributed by atoms with Gasteiger partial charge in [0.15, 0.2) is 0 Å². The first-order valence-corrected chi connectivity index (χ1v) is 8.47. The van der Waals surface area contributed by atoms with Crippen LogP contribution in [0.1, 0.15) is 41.6 Å². The van der Waals surface area contributed by atoms with Crippen LogP contribution in [0.25, 0.3) is 11.1 Å². The fourth-order valence-corrected chi connectivity index (χ4v) is 2.99. The van der Waals surface area contributed by atoms with Gasteiger partial charge in [-0.2, -0.15) is 0 Å². The average Bonchev–Trinajstić information content (AvgIpc) is 2.56. The number of benzene rings is 1. The summed E-state index contributed by atoms with van der Waals surface area (Å²) in [7, 11) is 0. The van der Waals surface area contributed by atoms with E-state index < -0.39 is 11.8 Å². The summed E-state index contributed by atoms with van der Waals surface area (Å²) < 4.78 is 22.9. The van der Waals surface area contributed by atoms with Crippen molar-refractivity contribution in [2.24, 2.45) is 0 Å². The number of carboxylic acids is 1. The minimum Gasteiger partial charge on any atom is -0.478 e. The molecule has 1 aromatic carbocycles. The van der Waals surface area contributed by atoms with Gasteiger partial charge in [-0.1, -0.05) is 13.0 Å². The van der Waals surface area contributed by atoms with Gasteiger partial charge in [0.1, 0.15) is 11.6 Å². The number of hydrogen-bond acceptors (Lipinski definition) is 5. The second-order valence-electron chi connectivity index (χ2n) is 5.43. The van der Waals surface area contributed by atoms with E-state index in [1.54, 1.807) is 6.20 Å². The predicted molar refractivity (Wildman–Crippen MR) is 93.7 cm³/mol. The maximum atomic E-state index is 13.9. The molecule has 7 heteroatoms. The smallest absolute Gasteiger partial charge is 0.338 e. The van der Waals surface area contributed by atoms with Crippen LogP contribution >= 0.6 is 12.0 Å². The number of nitrogen functional groups attached to an aromatic ring is 1. The van der Waals surface area contributed by atoms with Crippen LogP contribution in [0, 0.1) is 5.82 Å². The lowest BCUT2D eigenvalue weighted by Crippen LogP contribution is -2.04. The van der Waals surface area contributed by atoms with Crippen LogP contribution in [0.2, 0.25) is 0 Å². The van der Waals surface area contributed by atoms with Gasteiger partial charge in [-0.3, -0.25) is 0 Å². The summed E-state index contributed by atoms with van der Waals surface area (Å²) in [6.45, 7) is 2.05. The number of carboxylic acid groups (broad SMARTS) is 1. The van der Waals surface area contributed by atoms with Crippen LogP contribution in [0.5, 0.6) is 0 Å². The van der Waals surface area contributed by atoms with E-state index >= 15 is 0 Å². The van der Waals surface area contributed by atoms with Crippen molar-refractivity contribution in [1.82, 2.24) is 4.98 Å². The third kappa shape index (κ3) is 4.04. The summed E-state index contributed by atoms with van der Waals surface area (Å²) in [6.07, 6.45) is 3.35. The standard InChI is InChI=1S/C17H19FN2O3S/c1-2-10(5-6-24-23)12-7-14(16(19)20-9-12)11-3-4-13(17(21)22)15(18)8-11/h3-4,7-10,23H,2,5-6H2,1H3,(H2,19,20)(H,21,22). The molecule has 0 aliphatic carbocycles. The van der Waals surface area contributed by atoms with Crippen molar-refractivity contribution in [2.45, 2.75) is 25.7 Å². The molecule has 5 nitrogen and oxygen atoms in total. The van der Waals surface area contributed by atoms with Gasteiger partial charge in [-0.05, 0) is 60.1 Å². The number of aromatic carboxylic acids is 1. The molecule has 0 bridgehead atoms. The van der Waals surface area contributed by atoms with Crippen molar-refractivity contribution in [3.8, 4) is 11.1 Å². The summed E-state index contributed by atoms with van der Waals surface area (Å²) in [5, 5.41) is 8.91. The van der Waals surface area contributed by atoms with Crippen molar-refractivity contribution in [3.63, 3.8) is 0 Å². The van der Waals surface area contributed by atoms with Crippen LogP contribution in [0.15, 0.2) is 30.5 Å². The Kier molecular flexibility index (Phi) is 6.16. The third-order valence-corrected chi connectivity index (χ3v) is 4.39. The zero-order chi connectivity index (χ0) is 17.7. The average molecular weight is 350 g/mol. The summed E-state index contributed by atoms with van der Waals surface area (Å²) in [5.41, 5.74) is 7.54. The Morgan fingerprint density at radius 1 is 1.42 bits per heavy atom. The molecule has 0 radical (unpaired) electrons. The molecule has 0 aliphatic heterocycles. The Balaban J connectivity index is 2.41. The van der Waals surface area contributed by atoms with Crippen molar-refractivity contribution in [3.05, 3.63) is 47.4 Å². The first-order chi connectivity index (χ1) is 11.5. The number of nitrogens with zero attached hydrogens (tertiary/aromatic N) is 1. The Morgan fingerprint density at radius 2 is 2.17 bits per heavy atom. The van der Waals surface area contributed by atoms with Gasteiger partial charge in [0.2, 0.25) is 0 Å². The van der Waals surface area contributed by atoms with Crippen LogP contribution in [0.3, 0.4) is 0 Å². The normalized spacial score (nSPS) is 12.1. The number of nitrogens with two attached hydrogens (primary N) is 1. The molecule has 0 spiro atoms.